The molecule has 0 aliphatic carbocycles. The van der Waals surface area contributed by atoms with Crippen LogP contribution < -0.4 is 5.32 Å². The van der Waals surface area contributed by atoms with Crippen LogP contribution in [0, 0.1) is 13.8 Å². The van der Waals surface area contributed by atoms with Crippen LogP contribution in [0.1, 0.15) is 48.4 Å². The van der Waals surface area contributed by atoms with Crippen LogP contribution in [-0.2, 0) is 19.4 Å². The first-order valence-electron chi connectivity index (χ1n) is 7.38. The van der Waals surface area contributed by atoms with E-state index in [1.807, 2.05) is 20.9 Å². The van der Waals surface area contributed by atoms with E-state index in [2.05, 4.69) is 41.1 Å². The summed E-state index contributed by atoms with van der Waals surface area (Å²) in [5.41, 5.74) is 3.69. The van der Waals surface area contributed by atoms with Crippen molar-refractivity contribution in [3.63, 3.8) is 0 Å². The van der Waals surface area contributed by atoms with Crippen LogP contribution in [0.3, 0.4) is 0 Å². The average molecular weight is 275 g/mol. The quantitative estimate of drug-likeness (QED) is 0.880. The first-order valence-corrected chi connectivity index (χ1v) is 7.38. The second-order valence-electron chi connectivity index (χ2n) is 5.21. The maximum Gasteiger partial charge on any atom is 0.105 e. The standard InChI is InChI=1S/C16H25N3O/c1-6-13-9-14(19(7-2)18-13)10-16(17-5)15-8-11(3)20-12(15)4/h8-9,16-17H,6-7,10H2,1-5H3. The molecule has 0 radical (unpaired) electrons. The summed E-state index contributed by atoms with van der Waals surface area (Å²) in [6, 6.07) is 4.61. The van der Waals surface area contributed by atoms with E-state index in [-0.39, 0.29) is 6.04 Å². The molecular weight excluding hydrogens is 250 g/mol. The number of furan rings is 1. The number of hydrogen-bond acceptors (Lipinski definition) is 3. The molecule has 0 saturated heterocycles. The van der Waals surface area contributed by atoms with E-state index in [0.717, 1.165) is 36.6 Å². The lowest BCUT2D eigenvalue weighted by Crippen LogP contribution is -2.20. The fraction of sp³-hybridized carbons (Fsp3) is 0.562. The van der Waals surface area contributed by atoms with Crippen molar-refractivity contribution in [3.05, 3.63) is 40.6 Å². The van der Waals surface area contributed by atoms with Gasteiger partial charge >= 0.3 is 0 Å². The van der Waals surface area contributed by atoms with Crippen LogP contribution in [0.2, 0.25) is 0 Å². The van der Waals surface area contributed by atoms with E-state index in [9.17, 15) is 0 Å². The molecule has 1 N–H and O–H groups in total. The summed E-state index contributed by atoms with van der Waals surface area (Å²) in [5.74, 6) is 1.97. The minimum atomic E-state index is 0.263. The highest BCUT2D eigenvalue weighted by molar-refractivity contribution is 5.26. The Hall–Kier alpha value is -1.55. The zero-order valence-corrected chi connectivity index (χ0v) is 13.2. The van der Waals surface area contributed by atoms with E-state index in [0.29, 0.717) is 0 Å². The number of aromatic nitrogens is 2. The maximum absolute atomic E-state index is 5.66. The van der Waals surface area contributed by atoms with Gasteiger partial charge in [0.15, 0.2) is 0 Å². The SMILES string of the molecule is CCc1cc(CC(NC)c2cc(C)oc2C)n(CC)n1. The van der Waals surface area contributed by atoms with Gasteiger partial charge in [0.2, 0.25) is 0 Å². The Morgan fingerprint density at radius 1 is 1.30 bits per heavy atom. The number of nitrogens with zero attached hydrogens (tertiary/aromatic N) is 2. The van der Waals surface area contributed by atoms with Crippen LogP contribution in [0.25, 0.3) is 0 Å². The number of aryl methyl sites for hydroxylation is 4. The summed E-state index contributed by atoms with van der Waals surface area (Å²) in [5, 5.41) is 8.02. The van der Waals surface area contributed by atoms with E-state index in [1.54, 1.807) is 0 Å². The summed E-state index contributed by atoms with van der Waals surface area (Å²) in [7, 11) is 2.00. The molecule has 20 heavy (non-hydrogen) atoms. The third-order valence-electron chi connectivity index (χ3n) is 3.79. The predicted molar refractivity (Wildman–Crippen MR) is 81.0 cm³/mol. The Labute approximate surface area is 121 Å². The van der Waals surface area contributed by atoms with Gasteiger partial charge in [-0.1, -0.05) is 6.92 Å². The second-order valence-corrected chi connectivity index (χ2v) is 5.21. The lowest BCUT2D eigenvalue weighted by atomic mass is 10.0. The molecule has 4 heteroatoms. The zero-order valence-electron chi connectivity index (χ0n) is 13.2. The first kappa shape index (κ1) is 14.9. The average Bonchev–Trinajstić information content (AvgIpc) is 2.98. The minimum Gasteiger partial charge on any atom is -0.466 e. The van der Waals surface area contributed by atoms with Crippen molar-refractivity contribution in [2.45, 2.75) is 53.1 Å². The molecule has 0 aliphatic rings. The Kier molecular flexibility index (Phi) is 4.65. The molecule has 0 bridgehead atoms. The van der Waals surface area contributed by atoms with Gasteiger partial charge in [-0.3, -0.25) is 4.68 Å². The fourth-order valence-electron chi connectivity index (χ4n) is 2.70. The minimum absolute atomic E-state index is 0.263. The van der Waals surface area contributed by atoms with Gasteiger partial charge in [0.05, 0.1) is 5.69 Å². The Morgan fingerprint density at radius 3 is 2.55 bits per heavy atom. The Bertz CT molecular complexity index is 568. The molecule has 0 aliphatic heterocycles. The van der Waals surface area contributed by atoms with Gasteiger partial charge < -0.3 is 9.73 Å². The lowest BCUT2D eigenvalue weighted by molar-refractivity contribution is 0.485. The Morgan fingerprint density at radius 2 is 2.05 bits per heavy atom. The van der Waals surface area contributed by atoms with E-state index in [4.69, 9.17) is 4.42 Å². The van der Waals surface area contributed by atoms with Gasteiger partial charge in [-0.15, -0.1) is 0 Å². The molecule has 0 spiro atoms. The highest BCUT2D eigenvalue weighted by Crippen LogP contribution is 2.25. The molecular formula is C16H25N3O. The molecule has 2 aromatic rings. The summed E-state index contributed by atoms with van der Waals surface area (Å²) < 4.78 is 7.76. The number of hydrogen-bond donors (Lipinski definition) is 1. The topological polar surface area (TPSA) is 43.0 Å². The maximum atomic E-state index is 5.66. The van der Waals surface area contributed by atoms with Crippen molar-refractivity contribution in [2.24, 2.45) is 0 Å². The highest BCUT2D eigenvalue weighted by Gasteiger charge is 2.18. The summed E-state index contributed by atoms with van der Waals surface area (Å²) >= 11 is 0. The lowest BCUT2D eigenvalue weighted by Gasteiger charge is -2.16. The molecule has 2 heterocycles. The second kappa shape index (κ2) is 6.27. The van der Waals surface area contributed by atoms with Gasteiger partial charge in [-0.2, -0.15) is 5.10 Å². The van der Waals surface area contributed by atoms with Crippen LogP contribution >= 0.6 is 0 Å². The summed E-state index contributed by atoms with van der Waals surface area (Å²) in [6.45, 7) is 9.22. The van der Waals surface area contributed by atoms with Crippen molar-refractivity contribution < 1.29 is 4.42 Å². The van der Waals surface area contributed by atoms with Crippen LogP contribution in [0.15, 0.2) is 16.5 Å². The van der Waals surface area contributed by atoms with Crippen molar-refractivity contribution in [3.8, 4) is 0 Å². The summed E-state index contributed by atoms with van der Waals surface area (Å²) in [6.07, 6.45) is 1.91. The monoisotopic (exact) mass is 275 g/mol. The van der Waals surface area contributed by atoms with Gasteiger partial charge in [-0.05, 0) is 46.4 Å². The molecule has 2 aromatic heterocycles. The molecule has 1 unspecified atom stereocenters. The van der Waals surface area contributed by atoms with Gasteiger partial charge in [0, 0.05) is 30.3 Å². The van der Waals surface area contributed by atoms with Gasteiger partial charge in [-0.25, -0.2) is 0 Å². The molecule has 110 valence electrons. The summed E-state index contributed by atoms with van der Waals surface area (Å²) in [4.78, 5) is 0. The Balaban J connectivity index is 2.26. The van der Waals surface area contributed by atoms with Crippen LogP contribution in [0.4, 0.5) is 0 Å². The van der Waals surface area contributed by atoms with E-state index < -0.39 is 0 Å². The smallest absolute Gasteiger partial charge is 0.105 e. The van der Waals surface area contributed by atoms with Gasteiger partial charge in [0.25, 0.3) is 0 Å². The van der Waals surface area contributed by atoms with Gasteiger partial charge in [0.1, 0.15) is 11.5 Å². The van der Waals surface area contributed by atoms with E-state index in [1.165, 1.54) is 11.3 Å². The largest absolute Gasteiger partial charge is 0.466 e. The molecule has 0 saturated carbocycles. The highest BCUT2D eigenvalue weighted by atomic mass is 16.3. The van der Waals surface area contributed by atoms with E-state index >= 15 is 0 Å². The number of nitrogens with one attached hydrogen (secondary N) is 1. The number of likely N-dealkylation sites (N-methyl/N-ethyl adjacent to an activating group) is 1. The van der Waals surface area contributed by atoms with Crippen molar-refractivity contribution in [1.82, 2.24) is 15.1 Å². The molecule has 0 aromatic carbocycles. The van der Waals surface area contributed by atoms with Crippen LogP contribution in [-0.4, -0.2) is 16.8 Å². The number of rotatable bonds is 6. The molecule has 0 amide bonds. The first-order chi connectivity index (χ1) is 9.58. The predicted octanol–water partition coefficient (Wildman–Crippen LogP) is 3.18. The molecule has 2 rings (SSSR count). The van der Waals surface area contributed by atoms with Crippen LogP contribution in [0.5, 0.6) is 0 Å². The van der Waals surface area contributed by atoms with Crippen molar-refractivity contribution in [1.29, 1.82) is 0 Å². The zero-order chi connectivity index (χ0) is 14.7. The third-order valence-corrected chi connectivity index (χ3v) is 3.79. The molecule has 4 nitrogen and oxygen atoms in total. The molecule has 1 atom stereocenters. The third kappa shape index (κ3) is 2.96. The van der Waals surface area contributed by atoms with Crippen molar-refractivity contribution >= 4 is 0 Å². The van der Waals surface area contributed by atoms with Crippen molar-refractivity contribution in [2.75, 3.05) is 7.05 Å². The molecule has 0 fully saturated rings. The fourth-order valence-corrected chi connectivity index (χ4v) is 2.70. The normalized spacial score (nSPS) is 12.8.